The van der Waals surface area contributed by atoms with Crippen LogP contribution in [0.15, 0.2) is 6.07 Å². The minimum Gasteiger partial charge on any atom is -0.359 e. The molecular formula is C16H27N5O2. The third-order valence-electron chi connectivity index (χ3n) is 4.23. The monoisotopic (exact) mass is 321 g/mol. The molecule has 2 N–H and O–H groups in total. The molecule has 0 bridgehead atoms. The Bertz CT molecular complexity index is 575. The quantitative estimate of drug-likeness (QED) is 0.829. The molecule has 0 saturated carbocycles. The number of nitrogens with zero attached hydrogens (tertiary/aromatic N) is 3. The molecule has 0 radical (unpaired) electrons. The molecule has 128 valence electrons. The highest BCUT2D eigenvalue weighted by molar-refractivity contribution is 5.93. The van der Waals surface area contributed by atoms with Crippen LogP contribution < -0.4 is 5.32 Å². The summed E-state index contributed by atoms with van der Waals surface area (Å²) in [6.45, 7) is 8.61. The molecule has 1 aliphatic rings. The molecule has 7 nitrogen and oxygen atoms in total. The van der Waals surface area contributed by atoms with Gasteiger partial charge in [0.25, 0.3) is 5.91 Å². The summed E-state index contributed by atoms with van der Waals surface area (Å²) in [6, 6.07) is 1.81. The molecule has 7 heteroatoms. The fourth-order valence-corrected chi connectivity index (χ4v) is 2.71. The van der Waals surface area contributed by atoms with Crippen LogP contribution >= 0.6 is 0 Å². The first-order valence-electron chi connectivity index (χ1n) is 7.97. The molecular weight excluding hydrogens is 294 g/mol. The first-order valence-corrected chi connectivity index (χ1v) is 7.97. The van der Waals surface area contributed by atoms with Gasteiger partial charge >= 0.3 is 0 Å². The van der Waals surface area contributed by atoms with Gasteiger partial charge in [-0.25, -0.2) is 0 Å². The van der Waals surface area contributed by atoms with Crippen molar-refractivity contribution < 1.29 is 9.59 Å². The fourth-order valence-electron chi connectivity index (χ4n) is 2.71. The van der Waals surface area contributed by atoms with Gasteiger partial charge in [0.15, 0.2) is 0 Å². The first-order chi connectivity index (χ1) is 10.7. The van der Waals surface area contributed by atoms with Crippen LogP contribution in [0.25, 0.3) is 0 Å². The van der Waals surface area contributed by atoms with Gasteiger partial charge in [-0.1, -0.05) is 20.8 Å². The molecule has 0 aromatic carbocycles. The lowest BCUT2D eigenvalue weighted by Gasteiger charge is -2.22. The zero-order chi connectivity index (χ0) is 17.2. The topological polar surface area (TPSA) is 81.3 Å². The number of aromatic nitrogens is 2. The van der Waals surface area contributed by atoms with E-state index in [1.165, 1.54) is 0 Å². The summed E-state index contributed by atoms with van der Waals surface area (Å²) >= 11 is 0. The number of carbonyl (C=O) groups is 2. The minimum absolute atomic E-state index is 0.0334. The fraction of sp³-hybridized carbons (Fsp3) is 0.688. The van der Waals surface area contributed by atoms with E-state index in [0.717, 1.165) is 12.2 Å². The minimum atomic E-state index is -0.225. The van der Waals surface area contributed by atoms with Crippen molar-refractivity contribution in [3.63, 3.8) is 0 Å². The Morgan fingerprint density at radius 3 is 2.57 bits per heavy atom. The number of H-pyrrole nitrogens is 1. The number of rotatable bonds is 2. The molecule has 2 amide bonds. The molecule has 1 aromatic heterocycles. The summed E-state index contributed by atoms with van der Waals surface area (Å²) in [7, 11) is 3.60. The van der Waals surface area contributed by atoms with Gasteiger partial charge in [-0.2, -0.15) is 5.10 Å². The highest BCUT2D eigenvalue weighted by Crippen LogP contribution is 2.21. The Balaban J connectivity index is 2.17. The number of likely N-dealkylation sites (N-methyl/N-ethyl adjacent to an activating group) is 1. The Morgan fingerprint density at radius 2 is 2.00 bits per heavy atom. The van der Waals surface area contributed by atoms with E-state index < -0.39 is 0 Å². The predicted molar refractivity (Wildman–Crippen MR) is 88.2 cm³/mol. The second-order valence-corrected chi connectivity index (χ2v) is 7.24. The van der Waals surface area contributed by atoms with Gasteiger partial charge in [0, 0.05) is 44.3 Å². The third-order valence-corrected chi connectivity index (χ3v) is 4.23. The lowest BCUT2D eigenvalue weighted by molar-refractivity contribution is -0.125. The number of hydrogen-bond acceptors (Lipinski definition) is 4. The number of aromatic amines is 1. The normalized spacial score (nSPS) is 20.2. The van der Waals surface area contributed by atoms with E-state index >= 15 is 0 Å². The van der Waals surface area contributed by atoms with Crippen molar-refractivity contribution in [2.24, 2.45) is 5.92 Å². The van der Waals surface area contributed by atoms with Gasteiger partial charge in [0.1, 0.15) is 5.69 Å². The Hall–Kier alpha value is -1.89. The molecule has 0 aliphatic carbocycles. The maximum atomic E-state index is 12.7. The van der Waals surface area contributed by atoms with Crippen LogP contribution in [-0.4, -0.2) is 72.1 Å². The Morgan fingerprint density at radius 1 is 1.30 bits per heavy atom. The van der Waals surface area contributed by atoms with E-state index in [0.29, 0.717) is 25.3 Å². The molecule has 23 heavy (non-hydrogen) atoms. The third kappa shape index (κ3) is 4.10. The highest BCUT2D eigenvalue weighted by Gasteiger charge is 2.30. The van der Waals surface area contributed by atoms with Crippen molar-refractivity contribution in [3.05, 3.63) is 17.5 Å². The highest BCUT2D eigenvalue weighted by atomic mass is 16.2. The molecule has 1 fully saturated rings. The zero-order valence-corrected chi connectivity index (χ0v) is 14.6. The van der Waals surface area contributed by atoms with Gasteiger partial charge < -0.3 is 15.1 Å². The van der Waals surface area contributed by atoms with Crippen LogP contribution in [0.3, 0.4) is 0 Å². The van der Waals surface area contributed by atoms with Gasteiger partial charge in [0.2, 0.25) is 5.91 Å². The summed E-state index contributed by atoms with van der Waals surface area (Å²) in [4.78, 5) is 28.6. The average Bonchev–Trinajstić information content (AvgIpc) is 2.90. The lowest BCUT2D eigenvalue weighted by atomic mass is 9.92. The van der Waals surface area contributed by atoms with E-state index in [9.17, 15) is 9.59 Å². The number of carbonyl (C=O) groups excluding carboxylic acids is 2. The van der Waals surface area contributed by atoms with Gasteiger partial charge in [-0.05, 0) is 13.1 Å². The second kappa shape index (κ2) is 6.70. The first kappa shape index (κ1) is 17.5. The van der Waals surface area contributed by atoms with Crippen molar-refractivity contribution >= 4 is 11.8 Å². The Kier molecular flexibility index (Phi) is 5.09. The standard InChI is InChI=1S/C16H27N5O2/c1-16(2,3)13-8-12(18-19-13)15(23)21-7-6-20(5)9-11(10-21)14(22)17-4/h8,11H,6-7,9-10H2,1-5H3,(H,17,22)(H,18,19)/t11-/m1/s1. The van der Waals surface area contributed by atoms with Crippen molar-refractivity contribution in [1.82, 2.24) is 25.3 Å². The Labute approximate surface area is 137 Å². The van der Waals surface area contributed by atoms with Crippen LogP contribution in [0, 0.1) is 5.92 Å². The second-order valence-electron chi connectivity index (χ2n) is 7.24. The van der Waals surface area contributed by atoms with Gasteiger partial charge in [-0.3, -0.25) is 14.7 Å². The summed E-state index contributed by atoms with van der Waals surface area (Å²) in [6.07, 6.45) is 0. The predicted octanol–water partition coefficient (Wildman–Crippen LogP) is 0.457. The van der Waals surface area contributed by atoms with Gasteiger partial charge in [-0.15, -0.1) is 0 Å². The van der Waals surface area contributed by atoms with Crippen molar-refractivity contribution in [3.8, 4) is 0 Å². The van der Waals surface area contributed by atoms with E-state index in [2.05, 4.69) is 41.2 Å². The number of nitrogens with one attached hydrogen (secondary N) is 2. The molecule has 0 unspecified atom stereocenters. The smallest absolute Gasteiger partial charge is 0.274 e. The number of hydrogen-bond donors (Lipinski definition) is 2. The molecule has 1 saturated heterocycles. The van der Waals surface area contributed by atoms with E-state index in [-0.39, 0.29) is 23.1 Å². The average molecular weight is 321 g/mol. The van der Waals surface area contributed by atoms with Crippen LogP contribution in [0.5, 0.6) is 0 Å². The SMILES string of the molecule is CNC(=O)[C@@H]1CN(C)CCN(C(=O)c2cc(C(C)(C)C)[nH]n2)C1. The lowest BCUT2D eigenvalue weighted by Crippen LogP contribution is -2.41. The maximum Gasteiger partial charge on any atom is 0.274 e. The van der Waals surface area contributed by atoms with Gasteiger partial charge in [0.05, 0.1) is 5.92 Å². The van der Waals surface area contributed by atoms with Crippen LogP contribution in [-0.2, 0) is 10.2 Å². The zero-order valence-electron chi connectivity index (χ0n) is 14.6. The molecule has 1 aliphatic heterocycles. The van der Waals surface area contributed by atoms with Crippen LogP contribution in [0.4, 0.5) is 0 Å². The molecule has 2 rings (SSSR count). The van der Waals surface area contributed by atoms with Crippen LogP contribution in [0.1, 0.15) is 37.0 Å². The summed E-state index contributed by atoms with van der Waals surface area (Å²) in [5.41, 5.74) is 1.25. The van der Waals surface area contributed by atoms with E-state index in [4.69, 9.17) is 0 Å². The van der Waals surface area contributed by atoms with Crippen molar-refractivity contribution in [2.75, 3.05) is 40.3 Å². The van der Waals surface area contributed by atoms with E-state index in [1.807, 2.05) is 13.1 Å². The molecule has 2 heterocycles. The largest absolute Gasteiger partial charge is 0.359 e. The summed E-state index contributed by atoms with van der Waals surface area (Å²) in [5.74, 6) is -0.382. The maximum absolute atomic E-state index is 12.7. The summed E-state index contributed by atoms with van der Waals surface area (Å²) in [5, 5.41) is 9.80. The molecule has 0 spiro atoms. The molecule has 1 atom stereocenters. The van der Waals surface area contributed by atoms with E-state index in [1.54, 1.807) is 11.9 Å². The molecule has 1 aromatic rings. The number of amides is 2. The van der Waals surface area contributed by atoms with Crippen molar-refractivity contribution in [1.29, 1.82) is 0 Å². The summed E-state index contributed by atoms with van der Waals surface area (Å²) < 4.78 is 0. The van der Waals surface area contributed by atoms with Crippen molar-refractivity contribution in [2.45, 2.75) is 26.2 Å². The van der Waals surface area contributed by atoms with Crippen LogP contribution in [0.2, 0.25) is 0 Å².